The van der Waals surface area contributed by atoms with Crippen LogP contribution in [0.3, 0.4) is 0 Å². The summed E-state index contributed by atoms with van der Waals surface area (Å²) in [7, 11) is 0. The zero-order chi connectivity index (χ0) is 9.23. The van der Waals surface area contributed by atoms with Gasteiger partial charge in [-0.3, -0.25) is 0 Å². The van der Waals surface area contributed by atoms with Crippen molar-refractivity contribution in [1.29, 1.82) is 0 Å². The summed E-state index contributed by atoms with van der Waals surface area (Å²) in [5.41, 5.74) is 0. The SMILES string of the molecule is CCCOCCCOCC(C)C. The molecule has 0 saturated heterocycles. The molecule has 0 aromatic heterocycles. The molecular weight excluding hydrogens is 152 g/mol. The maximum atomic E-state index is 5.40. The molecule has 12 heavy (non-hydrogen) atoms. The third-order valence-corrected chi connectivity index (χ3v) is 1.38. The van der Waals surface area contributed by atoms with Gasteiger partial charge >= 0.3 is 0 Å². The average Bonchev–Trinajstić information content (AvgIpc) is 2.02. The molecule has 0 heterocycles. The van der Waals surface area contributed by atoms with Crippen molar-refractivity contribution in [3.05, 3.63) is 0 Å². The molecule has 0 atom stereocenters. The van der Waals surface area contributed by atoms with Crippen LogP contribution in [-0.2, 0) is 9.47 Å². The second kappa shape index (κ2) is 9.01. The molecule has 0 aliphatic rings. The summed E-state index contributed by atoms with van der Waals surface area (Å²) < 4.78 is 10.7. The molecule has 0 amide bonds. The van der Waals surface area contributed by atoms with Gasteiger partial charge in [-0.25, -0.2) is 0 Å². The van der Waals surface area contributed by atoms with Crippen molar-refractivity contribution in [2.75, 3.05) is 26.4 Å². The molecule has 0 aliphatic heterocycles. The maximum absolute atomic E-state index is 5.40. The molecular formula is C10H22O2. The minimum absolute atomic E-state index is 0.640. The van der Waals surface area contributed by atoms with E-state index in [9.17, 15) is 0 Å². The van der Waals surface area contributed by atoms with Gasteiger partial charge in [-0.05, 0) is 18.8 Å². The van der Waals surface area contributed by atoms with E-state index >= 15 is 0 Å². The molecule has 0 aromatic carbocycles. The summed E-state index contributed by atoms with van der Waals surface area (Å²) in [4.78, 5) is 0. The Morgan fingerprint density at radius 3 is 2.25 bits per heavy atom. The molecule has 0 unspecified atom stereocenters. The fourth-order valence-corrected chi connectivity index (χ4v) is 0.828. The van der Waals surface area contributed by atoms with Crippen LogP contribution >= 0.6 is 0 Å². The van der Waals surface area contributed by atoms with Gasteiger partial charge in [0.1, 0.15) is 0 Å². The molecule has 0 bridgehead atoms. The maximum Gasteiger partial charge on any atom is 0.0489 e. The predicted molar refractivity (Wildman–Crippen MR) is 51.4 cm³/mol. The Bertz CT molecular complexity index is 81.9. The molecule has 2 nitrogen and oxygen atoms in total. The second-order valence-electron chi connectivity index (χ2n) is 3.43. The lowest BCUT2D eigenvalue weighted by Crippen LogP contribution is -2.05. The zero-order valence-electron chi connectivity index (χ0n) is 8.64. The van der Waals surface area contributed by atoms with Gasteiger partial charge in [-0.15, -0.1) is 0 Å². The lowest BCUT2D eigenvalue weighted by Gasteiger charge is -2.06. The Labute approximate surface area is 76.3 Å². The lowest BCUT2D eigenvalue weighted by atomic mass is 10.2. The van der Waals surface area contributed by atoms with Gasteiger partial charge in [-0.2, -0.15) is 0 Å². The summed E-state index contributed by atoms with van der Waals surface area (Å²) in [6, 6.07) is 0. The van der Waals surface area contributed by atoms with Crippen molar-refractivity contribution in [3.8, 4) is 0 Å². The van der Waals surface area contributed by atoms with Crippen LogP contribution in [-0.4, -0.2) is 26.4 Å². The minimum atomic E-state index is 0.640. The van der Waals surface area contributed by atoms with Crippen molar-refractivity contribution in [2.45, 2.75) is 33.6 Å². The first-order valence-electron chi connectivity index (χ1n) is 4.92. The molecule has 0 N–H and O–H groups in total. The smallest absolute Gasteiger partial charge is 0.0489 e. The highest BCUT2D eigenvalue weighted by atomic mass is 16.5. The van der Waals surface area contributed by atoms with Crippen molar-refractivity contribution < 1.29 is 9.47 Å². The summed E-state index contributed by atoms with van der Waals surface area (Å²) in [5.74, 6) is 0.640. The van der Waals surface area contributed by atoms with E-state index in [2.05, 4.69) is 20.8 Å². The summed E-state index contributed by atoms with van der Waals surface area (Å²) >= 11 is 0. The van der Waals surface area contributed by atoms with Gasteiger partial charge in [-0.1, -0.05) is 20.8 Å². The van der Waals surface area contributed by atoms with Crippen LogP contribution in [0.25, 0.3) is 0 Å². The van der Waals surface area contributed by atoms with Gasteiger partial charge in [0.15, 0.2) is 0 Å². The quantitative estimate of drug-likeness (QED) is 0.526. The first-order chi connectivity index (χ1) is 5.77. The van der Waals surface area contributed by atoms with E-state index in [-0.39, 0.29) is 0 Å². The van der Waals surface area contributed by atoms with Crippen molar-refractivity contribution in [3.63, 3.8) is 0 Å². The molecule has 0 aromatic rings. The van der Waals surface area contributed by atoms with Crippen LogP contribution in [0.2, 0.25) is 0 Å². The monoisotopic (exact) mass is 174 g/mol. The molecule has 0 radical (unpaired) electrons. The van der Waals surface area contributed by atoms with E-state index in [4.69, 9.17) is 9.47 Å². The van der Waals surface area contributed by atoms with Crippen molar-refractivity contribution >= 4 is 0 Å². The molecule has 0 rings (SSSR count). The van der Waals surface area contributed by atoms with Crippen LogP contribution in [0, 0.1) is 5.92 Å². The Kier molecular flexibility index (Phi) is 8.95. The van der Waals surface area contributed by atoms with Gasteiger partial charge in [0, 0.05) is 26.4 Å². The second-order valence-corrected chi connectivity index (χ2v) is 3.43. The first kappa shape index (κ1) is 11.9. The Morgan fingerprint density at radius 2 is 1.67 bits per heavy atom. The third-order valence-electron chi connectivity index (χ3n) is 1.38. The fraction of sp³-hybridized carbons (Fsp3) is 1.00. The molecule has 74 valence electrons. The number of ether oxygens (including phenoxy) is 2. The highest BCUT2D eigenvalue weighted by molar-refractivity contribution is 4.40. The number of hydrogen-bond acceptors (Lipinski definition) is 2. The Morgan fingerprint density at radius 1 is 1.00 bits per heavy atom. The number of rotatable bonds is 8. The van der Waals surface area contributed by atoms with Gasteiger partial charge in [0.2, 0.25) is 0 Å². The van der Waals surface area contributed by atoms with Crippen molar-refractivity contribution in [1.82, 2.24) is 0 Å². The molecule has 2 heteroatoms. The molecule has 0 aliphatic carbocycles. The van der Waals surface area contributed by atoms with E-state index in [1.54, 1.807) is 0 Å². The standard InChI is InChI=1S/C10H22O2/c1-4-6-11-7-5-8-12-9-10(2)3/h10H,4-9H2,1-3H3. The summed E-state index contributed by atoms with van der Waals surface area (Å²) in [6.07, 6.45) is 2.12. The van der Waals surface area contributed by atoms with E-state index in [1.807, 2.05) is 0 Å². The topological polar surface area (TPSA) is 18.5 Å². The Balaban J connectivity index is 2.82. The first-order valence-corrected chi connectivity index (χ1v) is 4.92. The molecule has 0 saturated carbocycles. The van der Waals surface area contributed by atoms with Crippen LogP contribution in [0.4, 0.5) is 0 Å². The van der Waals surface area contributed by atoms with Crippen LogP contribution in [0.15, 0.2) is 0 Å². The molecule has 0 fully saturated rings. The molecule has 0 spiro atoms. The van der Waals surface area contributed by atoms with Crippen molar-refractivity contribution in [2.24, 2.45) is 5.92 Å². The number of hydrogen-bond donors (Lipinski definition) is 0. The third kappa shape index (κ3) is 9.92. The van der Waals surface area contributed by atoms with E-state index in [0.717, 1.165) is 39.3 Å². The van der Waals surface area contributed by atoms with E-state index < -0.39 is 0 Å². The van der Waals surface area contributed by atoms with Gasteiger partial charge in [0.05, 0.1) is 0 Å². The van der Waals surface area contributed by atoms with E-state index in [1.165, 1.54) is 0 Å². The van der Waals surface area contributed by atoms with E-state index in [0.29, 0.717) is 5.92 Å². The summed E-state index contributed by atoms with van der Waals surface area (Å²) in [5, 5.41) is 0. The van der Waals surface area contributed by atoms with Crippen LogP contribution in [0.5, 0.6) is 0 Å². The largest absolute Gasteiger partial charge is 0.381 e. The lowest BCUT2D eigenvalue weighted by molar-refractivity contribution is 0.0717. The van der Waals surface area contributed by atoms with Crippen LogP contribution < -0.4 is 0 Å². The average molecular weight is 174 g/mol. The predicted octanol–water partition coefficient (Wildman–Crippen LogP) is 2.48. The Hall–Kier alpha value is -0.0800. The summed E-state index contributed by atoms with van der Waals surface area (Å²) in [6.45, 7) is 9.86. The zero-order valence-corrected chi connectivity index (χ0v) is 8.64. The fourth-order valence-electron chi connectivity index (χ4n) is 0.828. The minimum Gasteiger partial charge on any atom is -0.381 e. The highest BCUT2D eigenvalue weighted by Gasteiger charge is 1.93. The highest BCUT2D eigenvalue weighted by Crippen LogP contribution is 1.93. The van der Waals surface area contributed by atoms with Crippen LogP contribution in [0.1, 0.15) is 33.6 Å². The normalized spacial score (nSPS) is 11.0. The van der Waals surface area contributed by atoms with Gasteiger partial charge in [0.25, 0.3) is 0 Å². The van der Waals surface area contributed by atoms with Gasteiger partial charge < -0.3 is 9.47 Å².